The summed E-state index contributed by atoms with van der Waals surface area (Å²) in [4.78, 5) is 7.81. The van der Waals surface area contributed by atoms with Gasteiger partial charge in [-0.25, -0.2) is 14.4 Å². The molecule has 0 spiro atoms. The molecule has 0 saturated carbocycles. The van der Waals surface area contributed by atoms with Crippen LogP contribution in [0.4, 0.5) is 10.2 Å². The third-order valence-corrected chi connectivity index (χ3v) is 3.05. The average molecular weight is 264 g/mol. The van der Waals surface area contributed by atoms with Gasteiger partial charge in [-0.3, -0.25) is 0 Å². The molecule has 2 rings (SSSR count). The van der Waals surface area contributed by atoms with Gasteiger partial charge in [0.1, 0.15) is 12.1 Å². The molecule has 0 atom stereocenters. The Balaban J connectivity index is 2.00. The van der Waals surface area contributed by atoms with E-state index in [-0.39, 0.29) is 11.6 Å². The van der Waals surface area contributed by atoms with Crippen LogP contribution in [0, 0.1) is 19.7 Å². The summed E-state index contributed by atoms with van der Waals surface area (Å²) in [6, 6.07) is 0. The van der Waals surface area contributed by atoms with Crippen LogP contribution in [0.25, 0.3) is 0 Å². The van der Waals surface area contributed by atoms with E-state index in [1.54, 1.807) is 0 Å². The molecule has 0 radical (unpaired) electrons. The van der Waals surface area contributed by atoms with E-state index in [9.17, 15) is 4.39 Å². The minimum Gasteiger partial charge on any atom is -0.367 e. The van der Waals surface area contributed by atoms with Gasteiger partial charge in [0.2, 0.25) is 0 Å². The summed E-state index contributed by atoms with van der Waals surface area (Å²) in [5.74, 6) is 0.680. The smallest absolute Gasteiger partial charge is 0.186 e. The van der Waals surface area contributed by atoms with E-state index < -0.39 is 0 Å². The number of hydrogen-bond donors (Lipinski definition) is 1. The molecule has 0 amide bonds. The summed E-state index contributed by atoms with van der Waals surface area (Å²) in [5, 5.41) is 6.87. The Labute approximate surface area is 111 Å². The predicted octanol–water partition coefficient (Wildman–Crippen LogP) is 2.44. The maximum absolute atomic E-state index is 13.9. The van der Waals surface area contributed by atoms with Crippen LogP contribution in [0.1, 0.15) is 29.6 Å². The Hall–Kier alpha value is -1.98. The highest BCUT2D eigenvalue weighted by Gasteiger charge is 2.11. The van der Waals surface area contributed by atoms with Gasteiger partial charge in [0.05, 0.1) is 11.4 Å². The summed E-state index contributed by atoms with van der Waals surface area (Å²) in [5.41, 5.74) is 2.35. The fraction of sp³-hybridized carbons (Fsp3) is 0.462. The Morgan fingerprint density at radius 3 is 2.74 bits per heavy atom. The van der Waals surface area contributed by atoms with Crippen molar-refractivity contribution in [3.05, 3.63) is 34.9 Å². The second kappa shape index (κ2) is 5.77. The van der Waals surface area contributed by atoms with Crippen molar-refractivity contribution in [2.24, 2.45) is 0 Å². The second-order valence-corrected chi connectivity index (χ2v) is 4.32. The zero-order chi connectivity index (χ0) is 13.8. The van der Waals surface area contributed by atoms with E-state index in [2.05, 4.69) is 20.4 Å². The van der Waals surface area contributed by atoms with Gasteiger partial charge in [0, 0.05) is 12.1 Å². The molecule has 5 nitrogen and oxygen atoms in total. The van der Waals surface area contributed by atoms with Crippen LogP contribution in [0.5, 0.6) is 0 Å². The van der Waals surface area contributed by atoms with Gasteiger partial charge in [0.15, 0.2) is 11.6 Å². The molecule has 0 aliphatic heterocycles. The highest BCUT2D eigenvalue weighted by molar-refractivity contribution is 5.37. The maximum atomic E-state index is 13.9. The number of nitrogens with zero attached hydrogens (tertiary/aromatic N) is 3. The first kappa shape index (κ1) is 13.5. The molecular formula is C13H17FN4O. The number of aromatic nitrogens is 3. The quantitative estimate of drug-likeness (QED) is 0.898. The van der Waals surface area contributed by atoms with Crippen molar-refractivity contribution in [3.63, 3.8) is 0 Å². The van der Waals surface area contributed by atoms with Crippen LogP contribution >= 0.6 is 0 Å². The van der Waals surface area contributed by atoms with Crippen LogP contribution in [0.2, 0.25) is 0 Å². The van der Waals surface area contributed by atoms with Gasteiger partial charge in [-0.1, -0.05) is 12.1 Å². The van der Waals surface area contributed by atoms with Gasteiger partial charge < -0.3 is 9.84 Å². The fourth-order valence-electron chi connectivity index (χ4n) is 1.94. The summed E-state index contributed by atoms with van der Waals surface area (Å²) in [6.07, 6.45) is 2.64. The van der Waals surface area contributed by atoms with Gasteiger partial charge >= 0.3 is 0 Å². The van der Waals surface area contributed by atoms with E-state index in [0.717, 1.165) is 17.0 Å². The molecule has 102 valence electrons. The first-order valence-corrected chi connectivity index (χ1v) is 6.28. The van der Waals surface area contributed by atoms with Crippen molar-refractivity contribution in [3.8, 4) is 0 Å². The molecule has 0 aliphatic carbocycles. The fourth-order valence-corrected chi connectivity index (χ4v) is 1.94. The number of hydrogen-bond acceptors (Lipinski definition) is 5. The van der Waals surface area contributed by atoms with Crippen molar-refractivity contribution in [1.82, 2.24) is 15.1 Å². The van der Waals surface area contributed by atoms with E-state index in [1.165, 1.54) is 6.33 Å². The summed E-state index contributed by atoms with van der Waals surface area (Å²) in [6.45, 7) is 6.20. The van der Waals surface area contributed by atoms with Crippen molar-refractivity contribution in [2.45, 2.75) is 33.6 Å². The first-order valence-electron chi connectivity index (χ1n) is 6.28. The Morgan fingerprint density at radius 1 is 1.32 bits per heavy atom. The molecule has 0 unspecified atom stereocenters. The number of halogens is 1. The van der Waals surface area contributed by atoms with Gasteiger partial charge in [-0.2, -0.15) is 0 Å². The molecule has 0 aliphatic rings. The van der Waals surface area contributed by atoms with Gasteiger partial charge in [-0.15, -0.1) is 0 Å². The molecule has 0 saturated heterocycles. The molecule has 2 aromatic rings. The zero-order valence-corrected chi connectivity index (χ0v) is 11.3. The first-order chi connectivity index (χ1) is 9.13. The van der Waals surface area contributed by atoms with Crippen molar-refractivity contribution < 1.29 is 8.91 Å². The van der Waals surface area contributed by atoms with Crippen molar-refractivity contribution in [1.29, 1.82) is 0 Å². The molecule has 0 bridgehead atoms. The van der Waals surface area contributed by atoms with Crippen LogP contribution < -0.4 is 5.32 Å². The van der Waals surface area contributed by atoms with E-state index >= 15 is 0 Å². The molecule has 0 fully saturated rings. The molecule has 1 N–H and O–H groups in total. The van der Waals surface area contributed by atoms with Crippen molar-refractivity contribution in [2.75, 3.05) is 11.9 Å². The average Bonchev–Trinajstić information content (AvgIpc) is 2.72. The van der Waals surface area contributed by atoms with E-state index in [0.29, 0.717) is 25.1 Å². The normalized spacial score (nSPS) is 10.7. The van der Waals surface area contributed by atoms with Crippen molar-refractivity contribution >= 4 is 5.82 Å². The molecule has 2 aromatic heterocycles. The van der Waals surface area contributed by atoms with Crippen LogP contribution in [-0.2, 0) is 12.8 Å². The summed E-state index contributed by atoms with van der Waals surface area (Å²) in [7, 11) is 0. The standard InChI is InChI=1S/C13H17FN4O/c1-4-11-12(14)13(17-7-16-11)15-6-5-10-8(2)18-19-9(10)3/h7H,4-6H2,1-3H3,(H,15,16,17). The minimum absolute atomic E-state index is 0.249. The Bertz CT molecular complexity index is 548. The molecule has 6 heteroatoms. The van der Waals surface area contributed by atoms with Crippen LogP contribution in [0.3, 0.4) is 0 Å². The lowest BCUT2D eigenvalue weighted by Gasteiger charge is -2.07. The topological polar surface area (TPSA) is 63.8 Å². The third kappa shape index (κ3) is 2.89. The van der Waals surface area contributed by atoms with Gasteiger partial charge in [-0.05, 0) is 26.7 Å². The lowest BCUT2D eigenvalue weighted by molar-refractivity contribution is 0.392. The van der Waals surface area contributed by atoms with Crippen LogP contribution in [0.15, 0.2) is 10.9 Å². The number of nitrogens with one attached hydrogen (secondary N) is 1. The molecular weight excluding hydrogens is 247 g/mol. The molecule has 2 heterocycles. The maximum Gasteiger partial charge on any atom is 0.186 e. The summed E-state index contributed by atoms with van der Waals surface area (Å²) < 4.78 is 19.0. The molecule has 0 aromatic carbocycles. The predicted molar refractivity (Wildman–Crippen MR) is 69.5 cm³/mol. The molecule has 19 heavy (non-hydrogen) atoms. The zero-order valence-electron chi connectivity index (χ0n) is 11.3. The Kier molecular flexibility index (Phi) is 4.09. The number of anilines is 1. The highest BCUT2D eigenvalue weighted by atomic mass is 19.1. The second-order valence-electron chi connectivity index (χ2n) is 4.32. The largest absolute Gasteiger partial charge is 0.367 e. The Morgan fingerprint density at radius 2 is 2.11 bits per heavy atom. The number of rotatable bonds is 5. The van der Waals surface area contributed by atoms with E-state index in [1.807, 2.05) is 20.8 Å². The third-order valence-electron chi connectivity index (χ3n) is 3.05. The van der Waals surface area contributed by atoms with Gasteiger partial charge in [0.25, 0.3) is 0 Å². The minimum atomic E-state index is -0.372. The van der Waals surface area contributed by atoms with E-state index in [4.69, 9.17) is 4.52 Å². The lowest BCUT2D eigenvalue weighted by atomic mass is 10.1. The SMILES string of the molecule is CCc1ncnc(NCCc2c(C)noc2C)c1F. The highest BCUT2D eigenvalue weighted by Crippen LogP contribution is 2.15. The monoisotopic (exact) mass is 264 g/mol. The summed E-state index contributed by atoms with van der Waals surface area (Å²) >= 11 is 0. The van der Waals surface area contributed by atoms with Crippen LogP contribution in [-0.4, -0.2) is 21.7 Å². The lowest BCUT2D eigenvalue weighted by Crippen LogP contribution is -2.10. The number of aryl methyl sites for hydroxylation is 3.